The Kier molecular flexibility index (Phi) is 3.79. The van der Waals surface area contributed by atoms with E-state index in [4.69, 9.17) is 10.00 Å². The van der Waals surface area contributed by atoms with Crippen LogP contribution in [-0.4, -0.2) is 36.1 Å². The van der Waals surface area contributed by atoms with Crippen molar-refractivity contribution in [2.45, 2.75) is 50.7 Å². The number of amides is 1. The highest BCUT2D eigenvalue weighted by molar-refractivity contribution is 5.81. The van der Waals surface area contributed by atoms with E-state index in [1.54, 1.807) is 4.90 Å². The molecule has 1 saturated carbocycles. The standard InChI is InChI=1S/C12H18N2O2/c13-7-8-14(10-4-1-2-5-10)12(15)11-6-3-9-16-11/h10-11H,1-6,8-9H2. The second-order valence-corrected chi connectivity index (χ2v) is 4.56. The Morgan fingerprint density at radius 1 is 1.31 bits per heavy atom. The third kappa shape index (κ3) is 2.35. The quantitative estimate of drug-likeness (QED) is 0.679. The van der Waals surface area contributed by atoms with Gasteiger partial charge in [-0.25, -0.2) is 0 Å². The molecule has 0 spiro atoms. The molecule has 2 aliphatic rings. The van der Waals surface area contributed by atoms with Crippen LogP contribution in [-0.2, 0) is 9.53 Å². The van der Waals surface area contributed by atoms with Gasteiger partial charge in [0, 0.05) is 12.6 Å². The lowest BCUT2D eigenvalue weighted by Gasteiger charge is -2.28. The summed E-state index contributed by atoms with van der Waals surface area (Å²) in [6.45, 7) is 0.894. The zero-order chi connectivity index (χ0) is 11.4. The van der Waals surface area contributed by atoms with Gasteiger partial charge in [0.25, 0.3) is 5.91 Å². The molecule has 0 aromatic carbocycles. The van der Waals surface area contributed by atoms with Crippen LogP contribution in [0.5, 0.6) is 0 Å². The topological polar surface area (TPSA) is 53.3 Å². The van der Waals surface area contributed by atoms with Gasteiger partial charge in [0.15, 0.2) is 0 Å². The molecule has 0 bridgehead atoms. The third-order valence-corrected chi connectivity index (χ3v) is 3.49. The van der Waals surface area contributed by atoms with Crippen LogP contribution >= 0.6 is 0 Å². The zero-order valence-electron chi connectivity index (χ0n) is 9.52. The molecule has 1 saturated heterocycles. The highest BCUT2D eigenvalue weighted by Gasteiger charge is 2.33. The van der Waals surface area contributed by atoms with Crippen molar-refractivity contribution >= 4 is 5.91 Å². The number of ether oxygens (including phenoxy) is 1. The van der Waals surface area contributed by atoms with Gasteiger partial charge in [-0.1, -0.05) is 12.8 Å². The average molecular weight is 222 g/mol. The van der Waals surface area contributed by atoms with Gasteiger partial charge in [-0.15, -0.1) is 0 Å². The molecule has 1 heterocycles. The summed E-state index contributed by atoms with van der Waals surface area (Å²) >= 11 is 0. The van der Waals surface area contributed by atoms with E-state index >= 15 is 0 Å². The Hall–Kier alpha value is -1.08. The van der Waals surface area contributed by atoms with Crippen molar-refractivity contribution in [2.75, 3.05) is 13.2 Å². The van der Waals surface area contributed by atoms with Crippen molar-refractivity contribution in [1.82, 2.24) is 4.90 Å². The predicted octanol–water partition coefficient (Wildman–Crippen LogP) is 1.46. The molecule has 88 valence electrons. The molecular weight excluding hydrogens is 204 g/mol. The van der Waals surface area contributed by atoms with E-state index in [1.165, 1.54) is 12.8 Å². The van der Waals surface area contributed by atoms with E-state index in [2.05, 4.69) is 6.07 Å². The first-order valence-electron chi connectivity index (χ1n) is 6.12. The summed E-state index contributed by atoms with van der Waals surface area (Å²) in [5.74, 6) is 0.0333. The average Bonchev–Trinajstić information content (AvgIpc) is 2.96. The number of nitrogens with zero attached hydrogens (tertiary/aromatic N) is 2. The zero-order valence-corrected chi connectivity index (χ0v) is 9.52. The normalized spacial score (nSPS) is 25.6. The SMILES string of the molecule is N#CCN(C(=O)C1CCCO1)C1CCCC1. The molecule has 1 aliphatic carbocycles. The molecule has 16 heavy (non-hydrogen) atoms. The summed E-state index contributed by atoms with van der Waals surface area (Å²) < 4.78 is 5.40. The van der Waals surface area contributed by atoms with Gasteiger partial charge in [0.2, 0.25) is 0 Å². The smallest absolute Gasteiger partial charge is 0.252 e. The molecule has 1 unspecified atom stereocenters. The molecule has 4 heteroatoms. The van der Waals surface area contributed by atoms with Crippen LogP contribution in [0.15, 0.2) is 0 Å². The second kappa shape index (κ2) is 5.31. The highest BCUT2D eigenvalue weighted by atomic mass is 16.5. The molecular formula is C12H18N2O2. The summed E-state index contributed by atoms with van der Waals surface area (Å²) in [5, 5.41) is 8.80. The van der Waals surface area contributed by atoms with Crippen LogP contribution in [0, 0.1) is 11.3 Å². The van der Waals surface area contributed by atoms with E-state index in [0.717, 1.165) is 25.7 Å². The van der Waals surface area contributed by atoms with Gasteiger partial charge in [-0.05, 0) is 25.7 Å². The number of nitriles is 1. The van der Waals surface area contributed by atoms with E-state index in [9.17, 15) is 4.79 Å². The number of hydrogen-bond acceptors (Lipinski definition) is 3. The fraction of sp³-hybridized carbons (Fsp3) is 0.833. The Labute approximate surface area is 96.2 Å². The Morgan fingerprint density at radius 2 is 2.06 bits per heavy atom. The monoisotopic (exact) mass is 222 g/mol. The van der Waals surface area contributed by atoms with Crippen molar-refractivity contribution in [3.05, 3.63) is 0 Å². The Morgan fingerprint density at radius 3 is 2.62 bits per heavy atom. The Bertz CT molecular complexity index is 286. The van der Waals surface area contributed by atoms with Crippen LogP contribution in [0.1, 0.15) is 38.5 Å². The van der Waals surface area contributed by atoms with Gasteiger partial charge >= 0.3 is 0 Å². The minimum absolute atomic E-state index is 0.0333. The molecule has 0 radical (unpaired) electrons. The minimum Gasteiger partial charge on any atom is -0.368 e. The molecule has 1 amide bonds. The predicted molar refractivity (Wildman–Crippen MR) is 58.6 cm³/mol. The van der Waals surface area contributed by atoms with Crippen molar-refractivity contribution in [1.29, 1.82) is 5.26 Å². The van der Waals surface area contributed by atoms with Gasteiger partial charge in [-0.2, -0.15) is 5.26 Å². The van der Waals surface area contributed by atoms with Gasteiger partial charge < -0.3 is 9.64 Å². The lowest BCUT2D eigenvalue weighted by molar-refractivity contribution is -0.142. The van der Waals surface area contributed by atoms with Crippen molar-refractivity contribution in [3.63, 3.8) is 0 Å². The van der Waals surface area contributed by atoms with E-state index in [1.807, 2.05) is 0 Å². The van der Waals surface area contributed by atoms with Crippen molar-refractivity contribution in [2.24, 2.45) is 0 Å². The van der Waals surface area contributed by atoms with Crippen LogP contribution < -0.4 is 0 Å². The van der Waals surface area contributed by atoms with Crippen molar-refractivity contribution in [3.8, 4) is 6.07 Å². The lowest BCUT2D eigenvalue weighted by Crippen LogP contribution is -2.44. The maximum atomic E-state index is 12.2. The molecule has 0 aromatic heterocycles. The van der Waals surface area contributed by atoms with Crippen molar-refractivity contribution < 1.29 is 9.53 Å². The van der Waals surface area contributed by atoms with Crippen LogP contribution in [0.3, 0.4) is 0 Å². The number of hydrogen-bond donors (Lipinski definition) is 0. The van der Waals surface area contributed by atoms with Crippen LogP contribution in [0.4, 0.5) is 0 Å². The first-order chi connectivity index (χ1) is 7.83. The maximum absolute atomic E-state index is 12.2. The molecule has 1 aliphatic heterocycles. The largest absolute Gasteiger partial charge is 0.368 e. The summed E-state index contributed by atoms with van der Waals surface area (Å²) in [7, 11) is 0. The summed E-state index contributed by atoms with van der Waals surface area (Å²) in [4.78, 5) is 13.9. The summed E-state index contributed by atoms with van der Waals surface area (Å²) in [6.07, 6.45) is 5.92. The van der Waals surface area contributed by atoms with Crippen LogP contribution in [0.25, 0.3) is 0 Å². The molecule has 1 atom stereocenters. The highest BCUT2D eigenvalue weighted by Crippen LogP contribution is 2.25. The molecule has 0 N–H and O–H groups in total. The number of rotatable bonds is 3. The van der Waals surface area contributed by atoms with Gasteiger partial charge in [0.05, 0.1) is 6.07 Å². The van der Waals surface area contributed by atoms with E-state index < -0.39 is 0 Å². The van der Waals surface area contributed by atoms with Gasteiger partial charge in [-0.3, -0.25) is 4.79 Å². The van der Waals surface area contributed by atoms with Gasteiger partial charge in [0.1, 0.15) is 12.6 Å². The molecule has 4 nitrogen and oxygen atoms in total. The molecule has 0 aromatic rings. The van der Waals surface area contributed by atoms with E-state index in [-0.39, 0.29) is 24.6 Å². The number of carbonyl (C=O) groups is 1. The van der Waals surface area contributed by atoms with Crippen LogP contribution in [0.2, 0.25) is 0 Å². The minimum atomic E-state index is -0.283. The number of carbonyl (C=O) groups excluding carboxylic acids is 1. The molecule has 2 fully saturated rings. The first kappa shape index (κ1) is 11.4. The Balaban J connectivity index is 1.99. The third-order valence-electron chi connectivity index (χ3n) is 3.49. The molecule has 2 rings (SSSR count). The second-order valence-electron chi connectivity index (χ2n) is 4.56. The summed E-state index contributed by atoms with van der Waals surface area (Å²) in [6, 6.07) is 2.37. The maximum Gasteiger partial charge on any atom is 0.252 e. The fourth-order valence-electron chi connectivity index (χ4n) is 2.64. The summed E-state index contributed by atoms with van der Waals surface area (Å²) in [5.41, 5.74) is 0. The fourth-order valence-corrected chi connectivity index (χ4v) is 2.64. The first-order valence-corrected chi connectivity index (χ1v) is 6.12. The lowest BCUT2D eigenvalue weighted by atomic mass is 10.1. The van der Waals surface area contributed by atoms with E-state index in [0.29, 0.717) is 6.61 Å².